The number of hydrogen-bond donors (Lipinski definition) is 4. The molecule has 4 N–H and O–H groups in total. The van der Waals surface area contributed by atoms with Gasteiger partial charge in [-0.05, 0) is 31.9 Å². The summed E-state index contributed by atoms with van der Waals surface area (Å²) >= 11 is 0. The van der Waals surface area contributed by atoms with E-state index in [-0.39, 0.29) is 23.4 Å². The Balaban J connectivity index is 1.89. The van der Waals surface area contributed by atoms with E-state index in [0.29, 0.717) is 12.2 Å². The number of urea groups is 1. The van der Waals surface area contributed by atoms with Crippen LogP contribution in [0.3, 0.4) is 0 Å². The standard InChI is InChI=1S/C20H32N4O3/c1-15(2)17(23-19(26)22-16-8-6-5-7-9-16)18(25)21-14-20(3,4)24-10-12-27-13-11-24/h5-9,15,17H,10-14H2,1-4H3,(H,21,25)(H2,22,23,26)/p+1/t17-/m1/s1. The van der Waals surface area contributed by atoms with Crippen LogP contribution in [0.4, 0.5) is 10.5 Å². The van der Waals surface area contributed by atoms with Gasteiger partial charge in [-0.3, -0.25) is 4.79 Å². The largest absolute Gasteiger partial charge is 0.370 e. The van der Waals surface area contributed by atoms with Crippen LogP contribution in [0.1, 0.15) is 27.7 Å². The summed E-state index contributed by atoms with van der Waals surface area (Å²) in [5.41, 5.74) is 0.600. The molecule has 0 unspecified atom stereocenters. The Hall–Kier alpha value is -2.12. The number of morpholine rings is 1. The molecule has 2 rings (SSSR count). The van der Waals surface area contributed by atoms with Crippen LogP contribution in [-0.4, -0.2) is 56.4 Å². The lowest BCUT2D eigenvalue weighted by molar-refractivity contribution is -0.954. The average molecular weight is 378 g/mol. The van der Waals surface area contributed by atoms with Gasteiger partial charge in [0.05, 0.1) is 19.8 Å². The van der Waals surface area contributed by atoms with Crippen molar-refractivity contribution in [2.24, 2.45) is 5.92 Å². The molecule has 1 aromatic rings. The minimum Gasteiger partial charge on any atom is -0.370 e. The SMILES string of the molecule is CC(C)[C@@H](NC(=O)Nc1ccccc1)C(=O)NCC(C)(C)[NH+]1CCOCC1. The zero-order valence-electron chi connectivity index (χ0n) is 16.8. The number of ether oxygens (including phenoxy) is 1. The third-order valence-corrected chi connectivity index (χ3v) is 5.03. The topological polar surface area (TPSA) is 83.9 Å². The molecule has 7 heteroatoms. The normalized spacial score (nSPS) is 16.6. The van der Waals surface area contributed by atoms with Crippen molar-refractivity contribution in [3.63, 3.8) is 0 Å². The number of benzene rings is 1. The quantitative estimate of drug-likeness (QED) is 0.563. The third kappa shape index (κ3) is 6.52. The highest BCUT2D eigenvalue weighted by molar-refractivity contribution is 5.93. The highest BCUT2D eigenvalue weighted by Crippen LogP contribution is 2.07. The second-order valence-corrected chi connectivity index (χ2v) is 8.00. The van der Waals surface area contributed by atoms with Crippen LogP contribution in [0.5, 0.6) is 0 Å². The highest BCUT2D eigenvalue weighted by Gasteiger charge is 2.34. The van der Waals surface area contributed by atoms with E-state index in [1.807, 2.05) is 32.0 Å². The molecular weight excluding hydrogens is 344 g/mol. The fourth-order valence-corrected chi connectivity index (χ4v) is 3.20. The molecule has 1 saturated heterocycles. The number of quaternary nitrogens is 1. The first-order valence-corrected chi connectivity index (χ1v) is 9.63. The fourth-order valence-electron chi connectivity index (χ4n) is 3.20. The smallest absolute Gasteiger partial charge is 0.319 e. The molecule has 0 aromatic heterocycles. The minimum absolute atomic E-state index is 0.0228. The molecular formula is C20H33N4O3+. The van der Waals surface area contributed by atoms with Gasteiger partial charge >= 0.3 is 6.03 Å². The van der Waals surface area contributed by atoms with E-state index >= 15 is 0 Å². The van der Waals surface area contributed by atoms with Crippen LogP contribution < -0.4 is 20.9 Å². The maximum Gasteiger partial charge on any atom is 0.319 e. The van der Waals surface area contributed by atoms with Crippen molar-refractivity contribution in [2.75, 3.05) is 38.2 Å². The summed E-state index contributed by atoms with van der Waals surface area (Å²) < 4.78 is 5.42. The zero-order valence-corrected chi connectivity index (χ0v) is 16.8. The predicted octanol–water partition coefficient (Wildman–Crippen LogP) is 0.643. The lowest BCUT2D eigenvalue weighted by Gasteiger charge is -2.38. The van der Waals surface area contributed by atoms with Gasteiger partial charge in [-0.25, -0.2) is 4.79 Å². The molecule has 0 aliphatic carbocycles. The molecule has 0 spiro atoms. The number of nitrogens with one attached hydrogen (secondary N) is 4. The van der Waals surface area contributed by atoms with Gasteiger partial charge in [0.15, 0.2) is 0 Å². The summed E-state index contributed by atoms with van der Waals surface area (Å²) in [5, 5.41) is 8.58. The monoisotopic (exact) mass is 377 g/mol. The van der Waals surface area contributed by atoms with Crippen molar-refractivity contribution in [3.05, 3.63) is 30.3 Å². The molecule has 0 saturated carbocycles. The summed E-state index contributed by atoms with van der Waals surface area (Å²) in [6, 6.07) is 8.20. The zero-order chi connectivity index (χ0) is 19.9. The number of carbonyl (C=O) groups excluding carboxylic acids is 2. The summed E-state index contributed by atoms with van der Waals surface area (Å²) in [7, 11) is 0. The molecule has 1 fully saturated rings. The van der Waals surface area contributed by atoms with E-state index in [0.717, 1.165) is 26.3 Å². The lowest BCUT2D eigenvalue weighted by atomic mass is 10.00. The van der Waals surface area contributed by atoms with Crippen LogP contribution in [0.2, 0.25) is 0 Å². The van der Waals surface area contributed by atoms with Gasteiger partial charge in [0.2, 0.25) is 5.91 Å². The summed E-state index contributed by atoms with van der Waals surface area (Å²) in [6.45, 7) is 12.1. The van der Waals surface area contributed by atoms with Crippen LogP contribution in [0.25, 0.3) is 0 Å². The number of rotatable bonds is 7. The molecule has 27 heavy (non-hydrogen) atoms. The Bertz CT molecular complexity index is 613. The first kappa shape index (κ1) is 21.2. The Morgan fingerprint density at radius 3 is 2.37 bits per heavy atom. The second kappa shape index (κ2) is 9.71. The summed E-state index contributed by atoms with van der Waals surface area (Å²) in [4.78, 5) is 26.4. The molecule has 1 aliphatic rings. The van der Waals surface area contributed by atoms with Crippen molar-refractivity contribution in [1.29, 1.82) is 0 Å². The molecule has 7 nitrogen and oxygen atoms in total. The van der Waals surface area contributed by atoms with Gasteiger partial charge in [0, 0.05) is 5.69 Å². The Morgan fingerprint density at radius 1 is 1.15 bits per heavy atom. The van der Waals surface area contributed by atoms with Crippen molar-refractivity contribution < 1.29 is 19.2 Å². The molecule has 1 aliphatic heterocycles. The fraction of sp³-hybridized carbons (Fsp3) is 0.600. The Labute approximate surface area is 161 Å². The minimum atomic E-state index is -0.593. The molecule has 1 aromatic carbocycles. The molecule has 0 radical (unpaired) electrons. The number of anilines is 1. The molecule has 1 heterocycles. The van der Waals surface area contributed by atoms with Crippen LogP contribution in [0, 0.1) is 5.92 Å². The second-order valence-electron chi connectivity index (χ2n) is 8.00. The Morgan fingerprint density at radius 2 is 1.78 bits per heavy atom. The van der Waals surface area contributed by atoms with Crippen molar-refractivity contribution >= 4 is 17.6 Å². The molecule has 1 atom stereocenters. The van der Waals surface area contributed by atoms with Gasteiger partial charge in [-0.2, -0.15) is 0 Å². The number of para-hydroxylation sites is 1. The van der Waals surface area contributed by atoms with Gasteiger partial charge < -0.3 is 25.6 Å². The van der Waals surface area contributed by atoms with Crippen molar-refractivity contribution in [3.8, 4) is 0 Å². The van der Waals surface area contributed by atoms with E-state index < -0.39 is 6.04 Å². The first-order valence-electron chi connectivity index (χ1n) is 9.63. The van der Waals surface area contributed by atoms with E-state index in [9.17, 15) is 9.59 Å². The highest BCUT2D eigenvalue weighted by atomic mass is 16.5. The molecule has 150 valence electrons. The summed E-state index contributed by atoms with van der Waals surface area (Å²) in [6.07, 6.45) is 0. The average Bonchev–Trinajstić information content (AvgIpc) is 2.65. The van der Waals surface area contributed by atoms with E-state index in [1.54, 1.807) is 12.1 Å². The van der Waals surface area contributed by atoms with Gasteiger partial charge in [0.1, 0.15) is 24.7 Å². The van der Waals surface area contributed by atoms with E-state index in [1.165, 1.54) is 4.90 Å². The predicted molar refractivity (Wildman–Crippen MR) is 106 cm³/mol. The van der Waals surface area contributed by atoms with Crippen LogP contribution >= 0.6 is 0 Å². The van der Waals surface area contributed by atoms with E-state index in [2.05, 4.69) is 29.8 Å². The van der Waals surface area contributed by atoms with Crippen molar-refractivity contribution in [2.45, 2.75) is 39.3 Å². The van der Waals surface area contributed by atoms with Gasteiger partial charge in [-0.15, -0.1) is 0 Å². The number of carbonyl (C=O) groups is 2. The van der Waals surface area contributed by atoms with Gasteiger partial charge in [0.25, 0.3) is 0 Å². The third-order valence-electron chi connectivity index (χ3n) is 5.03. The summed E-state index contributed by atoms with van der Waals surface area (Å²) in [5.74, 6) is -0.181. The first-order chi connectivity index (χ1) is 12.8. The molecule has 0 bridgehead atoms. The van der Waals surface area contributed by atoms with Crippen LogP contribution in [-0.2, 0) is 9.53 Å². The number of amides is 3. The van der Waals surface area contributed by atoms with Gasteiger partial charge in [-0.1, -0.05) is 32.0 Å². The van der Waals surface area contributed by atoms with E-state index in [4.69, 9.17) is 4.74 Å². The maximum absolute atomic E-state index is 12.7. The Kier molecular flexibility index (Phi) is 7.62. The maximum atomic E-state index is 12.7. The van der Waals surface area contributed by atoms with Crippen LogP contribution in [0.15, 0.2) is 30.3 Å². The van der Waals surface area contributed by atoms with Crippen molar-refractivity contribution in [1.82, 2.24) is 10.6 Å². The molecule has 3 amide bonds. The number of hydrogen-bond acceptors (Lipinski definition) is 3. The lowest BCUT2D eigenvalue weighted by Crippen LogP contribution is -3.22.